The van der Waals surface area contributed by atoms with E-state index in [1.54, 1.807) is 19.1 Å². The molecule has 0 aromatic carbocycles. The maximum atomic E-state index is 12.9. The maximum Gasteiger partial charge on any atom is 0.107 e. The van der Waals surface area contributed by atoms with Crippen molar-refractivity contribution in [1.82, 2.24) is 0 Å². The summed E-state index contributed by atoms with van der Waals surface area (Å²) in [6, 6.07) is 0. The Morgan fingerprint density at radius 1 is 1.45 bits per heavy atom. The Kier molecular flexibility index (Phi) is 2.13. The van der Waals surface area contributed by atoms with Gasteiger partial charge in [-0.15, -0.1) is 0 Å². The molecule has 1 nitrogen and oxygen atoms in total. The van der Waals surface area contributed by atoms with Gasteiger partial charge in [-0.25, -0.2) is 4.39 Å². The molecule has 0 aromatic heterocycles. The second-order valence-corrected chi connectivity index (χ2v) is 2.78. The number of allylic oxidation sites excluding steroid dienone is 5. The summed E-state index contributed by atoms with van der Waals surface area (Å²) in [5, 5.41) is 0. The van der Waals surface area contributed by atoms with Gasteiger partial charge in [0.25, 0.3) is 0 Å². The second kappa shape index (κ2) is 2.91. The third-order valence-corrected chi connectivity index (χ3v) is 1.84. The first-order valence-corrected chi connectivity index (χ1v) is 3.61. The van der Waals surface area contributed by atoms with Gasteiger partial charge in [0.1, 0.15) is 5.83 Å². The lowest BCUT2D eigenvalue weighted by Gasteiger charge is -1.96. The number of halogens is 1. The van der Waals surface area contributed by atoms with Crippen molar-refractivity contribution in [2.24, 2.45) is 5.73 Å². The molecule has 0 unspecified atom stereocenters. The first-order chi connectivity index (χ1) is 5.11. The third kappa shape index (κ3) is 1.70. The number of hydrogen-bond donors (Lipinski definition) is 1. The van der Waals surface area contributed by atoms with Crippen molar-refractivity contribution in [3.63, 3.8) is 0 Å². The molecule has 0 radical (unpaired) electrons. The molecule has 1 aliphatic carbocycles. The van der Waals surface area contributed by atoms with Gasteiger partial charge in [-0.05, 0) is 31.1 Å². The van der Waals surface area contributed by atoms with E-state index in [9.17, 15) is 4.39 Å². The molecule has 0 atom stereocenters. The predicted octanol–water partition coefficient (Wildman–Crippen LogP) is 2.42. The van der Waals surface area contributed by atoms with Crippen molar-refractivity contribution in [2.45, 2.75) is 20.3 Å². The van der Waals surface area contributed by atoms with Gasteiger partial charge in [0, 0.05) is 12.1 Å². The van der Waals surface area contributed by atoms with Gasteiger partial charge in [-0.2, -0.15) is 0 Å². The van der Waals surface area contributed by atoms with E-state index in [-0.39, 0.29) is 5.83 Å². The zero-order chi connectivity index (χ0) is 8.43. The third-order valence-electron chi connectivity index (χ3n) is 1.84. The molecule has 0 aromatic rings. The maximum absolute atomic E-state index is 12.9. The van der Waals surface area contributed by atoms with Crippen LogP contribution in [0.25, 0.3) is 0 Å². The molecule has 0 spiro atoms. The van der Waals surface area contributed by atoms with E-state index in [1.807, 2.05) is 6.92 Å². The van der Waals surface area contributed by atoms with Crippen molar-refractivity contribution in [3.8, 4) is 0 Å². The molecule has 1 aliphatic rings. The van der Waals surface area contributed by atoms with Gasteiger partial charge in [0.15, 0.2) is 0 Å². The predicted molar refractivity (Wildman–Crippen MR) is 44.5 cm³/mol. The molecule has 0 heterocycles. The topological polar surface area (TPSA) is 26.0 Å². The van der Waals surface area contributed by atoms with Crippen LogP contribution in [0.5, 0.6) is 0 Å². The Morgan fingerprint density at radius 3 is 2.73 bits per heavy atom. The summed E-state index contributed by atoms with van der Waals surface area (Å²) in [5.74, 6) is -0.0928. The summed E-state index contributed by atoms with van der Waals surface area (Å²) in [6.45, 7) is 3.62. The van der Waals surface area contributed by atoms with E-state index in [1.165, 1.54) is 0 Å². The summed E-state index contributed by atoms with van der Waals surface area (Å²) in [7, 11) is 0. The molecule has 2 N–H and O–H groups in total. The zero-order valence-electron chi connectivity index (χ0n) is 6.82. The van der Waals surface area contributed by atoms with Gasteiger partial charge < -0.3 is 5.73 Å². The lowest BCUT2D eigenvalue weighted by atomic mass is 10.2. The van der Waals surface area contributed by atoms with Crippen LogP contribution in [-0.2, 0) is 0 Å². The minimum atomic E-state index is -0.0928. The molecule has 2 heteroatoms. The van der Waals surface area contributed by atoms with E-state index in [0.717, 1.165) is 5.57 Å². The van der Waals surface area contributed by atoms with Crippen LogP contribution in [0, 0.1) is 0 Å². The summed E-state index contributed by atoms with van der Waals surface area (Å²) in [4.78, 5) is 0. The Balaban J connectivity index is 3.04. The Morgan fingerprint density at radius 2 is 2.09 bits per heavy atom. The smallest absolute Gasteiger partial charge is 0.107 e. The molecule has 11 heavy (non-hydrogen) atoms. The fourth-order valence-electron chi connectivity index (χ4n) is 0.947. The molecule has 0 amide bonds. The standard InChI is InChI=1S/C9H12FN/c1-6-3-4-8(10)7(2)5-9(6)11/h3,5H,4,11H2,1-2H3. The minimum Gasteiger partial charge on any atom is -0.399 e. The largest absolute Gasteiger partial charge is 0.399 e. The number of nitrogens with two attached hydrogens (primary N) is 1. The molecular formula is C9H12FN. The monoisotopic (exact) mass is 153 g/mol. The highest BCUT2D eigenvalue weighted by Crippen LogP contribution is 2.20. The summed E-state index contributed by atoms with van der Waals surface area (Å²) < 4.78 is 12.9. The average Bonchev–Trinajstić information content (AvgIpc) is 2.05. The van der Waals surface area contributed by atoms with E-state index in [2.05, 4.69) is 0 Å². The van der Waals surface area contributed by atoms with Gasteiger partial charge in [-0.3, -0.25) is 0 Å². The minimum absolute atomic E-state index is 0.0928. The molecule has 0 fully saturated rings. The van der Waals surface area contributed by atoms with Crippen LogP contribution in [0.15, 0.2) is 34.8 Å². The van der Waals surface area contributed by atoms with E-state index < -0.39 is 0 Å². The van der Waals surface area contributed by atoms with Crippen molar-refractivity contribution < 1.29 is 4.39 Å². The Labute approximate surface area is 66.1 Å². The van der Waals surface area contributed by atoms with Gasteiger partial charge >= 0.3 is 0 Å². The van der Waals surface area contributed by atoms with Crippen LogP contribution < -0.4 is 5.73 Å². The highest BCUT2D eigenvalue weighted by Gasteiger charge is 2.04. The van der Waals surface area contributed by atoms with Gasteiger partial charge in [0.05, 0.1) is 0 Å². The first kappa shape index (κ1) is 8.05. The highest BCUT2D eigenvalue weighted by molar-refractivity contribution is 5.38. The first-order valence-electron chi connectivity index (χ1n) is 3.61. The molecular weight excluding hydrogens is 141 g/mol. The van der Waals surface area contributed by atoms with Gasteiger partial charge in [0.2, 0.25) is 0 Å². The summed E-state index contributed by atoms with van der Waals surface area (Å²) >= 11 is 0. The lowest BCUT2D eigenvalue weighted by molar-refractivity contribution is 0.609. The van der Waals surface area contributed by atoms with Crippen LogP contribution in [-0.4, -0.2) is 0 Å². The number of rotatable bonds is 0. The quantitative estimate of drug-likeness (QED) is 0.568. The normalized spacial score (nSPS) is 19.2. The number of hydrogen-bond acceptors (Lipinski definition) is 1. The van der Waals surface area contributed by atoms with Crippen molar-refractivity contribution in [3.05, 3.63) is 34.8 Å². The molecule has 60 valence electrons. The van der Waals surface area contributed by atoms with E-state index in [4.69, 9.17) is 5.73 Å². The van der Waals surface area contributed by atoms with Crippen molar-refractivity contribution in [1.29, 1.82) is 0 Å². The fraction of sp³-hybridized carbons (Fsp3) is 0.333. The lowest BCUT2D eigenvalue weighted by Crippen LogP contribution is -1.97. The van der Waals surface area contributed by atoms with Crippen molar-refractivity contribution >= 4 is 0 Å². The second-order valence-electron chi connectivity index (χ2n) is 2.78. The zero-order valence-corrected chi connectivity index (χ0v) is 6.82. The van der Waals surface area contributed by atoms with Crippen LogP contribution in [0.3, 0.4) is 0 Å². The fourth-order valence-corrected chi connectivity index (χ4v) is 0.947. The Hall–Kier alpha value is -1.05. The SMILES string of the molecule is CC1=CCC(F)=C(C)C=C1N. The molecule has 1 rings (SSSR count). The average molecular weight is 153 g/mol. The van der Waals surface area contributed by atoms with Crippen LogP contribution in [0.2, 0.25) is 0 Å². The molecule has 0 bridgehead atoms. The summed E-state index contributed by atoms with van der Waals surface area (Å²) in [6.07, 6.45) is 3.85. The van der Waals surface area contributed by atoms with Crippen LogP contribution >= 0.6 is 0 Å². The Bertz CT molecular complexity index is 259. The van der Waals surface area contributed by atoms with Crippen LogP contribution in [0.4, 0.5) is 4.39 Å². The molecule has 0 aliphatic heterocycles. The molecule has 0 saturated carbocycles. The van der Waals surface area contributed by atoms with Crippen molar-refractivity contribution in [2.75, 3.05) is 0 Å². The van der Waals surface area contributed by atoms with Gasteiger partial charge in [-0.1, -0.05) is 6.08 Å². The van der Waals surface area contributed by atoms with Crippen LogP contribution in [0.1, 0.15) is 20.3 Å². The van der Waals surface area contributed by atoms with E-state index in [0.29, 0.717) is 17.7 Å². The highest BCUT2D eigenvalue weighted by atomic mass is 19.1. The molecule has 0 saturated heterocycles. The summed E-state index contributed by atoms with van der Waals surface area (Å²) in [5.41, 5.74) is 7.88. The van der Waals surface area contributed by atoms with E-state index >= 15 is 0 Å².